The van der Waals surface area contributed by atoms with Gasteiger partial charge in [-0.2, -0.15) is 23.3 Å². The Hall–Kier alpha value is -2.86. The summed E-state index contributed by atoms with van der Waals surface area (Å²) in [5.74, 6) is -0.278. The number of halogens is 4. The average Bonchev–Trinajstić information content (AvgIpc) is 3.46. The van der Waals surface area contributed by atoms with E-state index < -0.39 is 11.7 Å². The first kappa shape index (κ1) is 27.7. The van der Waals surface area contributed by atoms with Crippen molar-refractivity contribution in [3.8, 4) is 0 Å². The van der Waals surface area contributed by atoms with Gasteiger partial charge in [0.2, 0.25) is 0 Å². The van der Waals surface area contributed by atoms with E-state index in [2.05, 4.69) is 26.9 Å². The molecular formula is C27H28ClF3N6OS. The van der Waals surface area contributed by atoms with Gasteiger partial charge < -0.3 is 9.80 Å². The third-order valence-electron chi connectivity index (χ3n) is 6.94. The van der Waals surface area contributed by atoms with Crippen LogP contribution in [0, 0.1) is 0 Å². The number of likely N-dealkylation sites (N-methyl/N-ethyl adjacent to an activating group) is 2. The average molecular weight is 577 g/mol. The van der Waals surface area contributed by atoms with Crippen LogP contribution in [0.25, 0.3) is 17.0 Å². The number of hydrogen-bond donors (Lipinski definition) is 0. The largest absolute Gasteiger partial charge is 0.416 e. The van der Waals surface area contributed by atoms with Crippen molar-refractivity contribution >= 4 is 51.4 Å². The first-order valence-corrected chi connectivity index (χ1v) is 13.7. The molecule has 2 aromatic carbocycles. The number of carbonyl (C=O) groups is 1. The number of carbonyl (C=O) groups excluding carboxylic acids is 1. The molecule has 206 valence electrons. The number of aromatic nitrogens is 2. The van der Waals surface area contributed by atoms with Crippen LogP contribution in [0.2, 0.25) is 5.02 Å². The molecule has 3 heterocycles. The number of rotatable bonds is 6. The van der Waals surface area contributed by atoms with Crippen LogP contribution >= 0.6 is 23.4 Å². The Labute approximate surface area is 233 Å². The summed E-state index contributed by atoms with van der Waals surface area (Å²) < 4.78 is 42.1. The number of alkyl halides is 3. The van der Waals surface area contributed by atoms with Gasteiger partial charge in [0.15, 0.2) is 5.17 Å². The fraction of sp³-hybridized carbons (Fsp3) is 0.370. The van der Waals surface area contributed by atoms with Gasteiger partial charge in [-0.3, -0.25) is 14.4 Å². The quantitative estimate of drug-likeness (QED) is 0.389. The molecule has 5 rings (SSSR count). The van der Waals surface area contributed by atoms with E-state index in [0.717, 1.165) is 56.3 Å². The highest BCUT2D eigenvalue weighted by Crippen LogP contribution is 2.35. The molecule has 1 fully saturated rings. The smallest absolute Gasteiger partial charge is 0.353 e. The van der Waals surface area contributed by atoms with Gasteiger partial charge in [-0.1, -0.05) is 23.7 Å². The van der Waals surface area contributed by atoms with Gasteiger partial charge in [0.25, 0.3) is 5.91 Å². The minimum atomic E-state index is -4.52. The van der Waals surface area contributed by atoms with Crippen LogP contribution in [-0.4, -0.2) is 88.9 Å². The van der Waals surface area contributed by atoms with Crippen LogP contribution in [0.4, 0.5) is 13.2 Å². The van der Waals surface area contributed by atoms with Crippen LogP contribution in [0.5, 0.6) is 0 Å². The van der Waals surface area contributed by atoms with E-state index in [4.69, 9.17) is 11.6 Å². The maximum atomic E-state index is 13.5. The molecule has 0 spiro atoms. The molecule has 1 saturated heterocycles. The minimum absolute atomic E-state index is 0.0294. The molecule has 3 aromatic rings. The van der Waals surface area contributed by atoms with Crippen molar-refractivity contribution in [2.24, 2.45) is 4.99 Å². The molecule has 0 unspecified atom stereocenters. The summed E-state index contributed by atoms with van der Waals surface area (Å²) in [4.78, 5) is 24.1. The zero-order valence-corrected chi connectivity index (χ0v) is 23.2. The Morgan fingerprint density at radius 1 is 1.13 bits per heavy atom. The van der Waals surface area contributed by atoms with Crippen molar-refractivity contribution in [1.82, 2.24) is 24.5 Å². The maximum Gasteiger partial charge on any atom is 0.416 e. The van der Waals surface area contributed by atoms with Crippen molar-refractivity contribution in [2.75, 3.05) is 53.4 Å². The molecule has 1 amide bonds. The second-order valence-electron chi connectivity index (χ2n) is 9.80. The number of nitrogens with zero attached hydrogens (tertiary/aromatic N) is 6. The highest BCUT2D eigenvalue weighted by Gasteiger charge is 2.33. The Morgan fingerprint density at radius 3 is 2.64 bits per heavy atom. The molecule has 0 N–H and O–H groups in total. The summed E-state index contributed by atoms with van der Waals surface area (Å²) >= 11 is 7.16. The van der Waals surface area contributed by atoms with Crippen LogP contribution in [0.3, 0.4) is 0 Å². The third kappa shape index (κ3) is 6.49. The normalized spacial score (nSPS) is 18.4. The number of thioether (sulfide) groups is 1. The van der Waals surface area contributed by atoms with Crippen LogP contribution in [-0.2, 0) is 17.5 Å². The molecule has 1 aromatic heterocycles. The second kappa shape index (κ2) is 11.3. The standard InChI is InChI=1S/C27H28ClF3N6OS/c1-34-7-10-36(11-8-34)12-9-35(2)26-33-25(38)24(39-26)14-18-3-6-23-20(13-18)16-32-37(23)17-19-4-5-21(28)15-22(19)27(29,30)31/h3-6,13-16H,7-12,17H2,1-2H3/b24-14-. The topological polar surface area (TPSA) is 57.0 Å². The molecule has 7 nitrogen and oxygen atoms in total. The van der Waals surface area contributed by atoms with E-state index in [1.807, 2.05) is 24.1 Å². The van der Waals surface area contributed by atoms with E-state index in [1.54, 1.807) is 18.3 Å². The van der Waals surface area contributed by atoms with E-state index in [-0.39, 0.29) is 23.0 Å². The Bertz CT molecular complexity index is 1450. The molecule has 2 aliphatic heterocycles. The Kier molecular flexibility index (Phi) is 8.04. The summed E-state index contributed by atoms with van der Waals surface area (Å²) in [7, 11) is 4.08. The first-order chi connectivity index (χ1) is 18.6. The van der Waals surface area contributed by atoms with Crippen molar-refractivity contribution in [2.45, 2.75) is 12.7 Å². The lowest BCUT2D eigenvalue weighted by atomic mass is 10.1. The van der Waals surface area contributed by atoms with Gasteiger partial charge in [-0.15, -0.1) is 0 Å². The maximum absolute atomic E-state index is 13.5. The molecule has 2 aliphatic rings. The summed E-state index contributed by atoms with van der Waals surface area (Å²) in [6, 6.07) is 9.23. The number of benzene rings is 2. The third-order valence-corrected chi connectivity index (χ3v) is 8.28. The highest BCUT2D eigenvalue weighted by atomic mass is 35.5. The summed E-state index contributed by atoms with van der Waals surface area (Å²) in [6.07, 6.45) is -1.12. The first-order valence-electron chi connectivity index (χ1n) is 12.5. The van der Waals surface area contributed by atoms with Crippen LogP contribution in [0.15, 0.2) is 52.5 Å². The monoisotopic (exact) mass is 576 g/mol. The van der Waals surface area contributed by atoms with Gasteiger partial charge in [-0.25, -0.2) is 0 Å². The molecule has 0 atom stereocenters. The van der Waals surface area contributed by atoms with Gasteiger partial charge in [-0.05, 0) is 60.3 Å². The van der Waals surface area contributed by atoms with Crippen molar-refractivity contribution in [3.63, 3.8) is 0 Å². The van der Waals surface area contributed by atoms with Crippen molar-refractivity contribution in [3.05, 3.63) is 69.2 Å². The van der Waals surface area contributed by atoms with Gasteiger partial charge in [0.05, 0.1) is 28.7 Å². The molecule has 39 heavy (non-hydrogen) atoms. The second-order valence-corrected chi connectivity index (χ2v) is 11.2. The fourth-order valence-corrected chi connectivity index (χ4v) is 5.68. The van der Waals surface area contributed by atoms with Crippen molar-refractivity contribution in [1.29, 1.82) is 0 Å². The zero-order chi connectivity index (χ0) is 27.7. The van der Waals surface area contributed by atoms with E-state index in [1.165, 1.54) is 28.6 Å². The van der Waals surface area contributed by atoms with Crippen LogP contribution < -0.4 is 0 Å². The van der Waals surface area contributed by atoms with E-state index in [0.29, 0.717) is 15.6 Å². The Morgan fingerprint density at radius 2 is 1.90 bits per heavy atom. The molecule has 0 bridgehead atoms. The van der Waals surface area contributed by atoms with Gasteiger partial charge in [0.1, 0.15) is 0 Å². The number of amides is 1. The van der Waals surface area contributed by atoms with Crippen molar-refractivity contribution < 1.29 is 18.0 Å². The summed E-state index contributed by atoms with van der Waals surface area (Å²) in [5, 5.41) is 5.78. The lowest BCUT2D eigenvalue weighted by Gasteiger charge is -2.33. The fourth-order valence-electron chi connectivity index (χ4n) is 4.60. The predicted octanol–water partition coefficient (Wildman–Crippen LogP) is 4.91. The number of piperazine rings is 1. The summed E-state index contributed by atoms with van der Waals surface area (Å²) in [5.41, 5.74) is 0.779. The van der Waals surface area contributed by atoms with Crippen LogP contribution in [0.1, 0.15) is 16.7 Å². The lowest BCUT2D eigenvalue weighted by Crippen LogP contribution is -2.46. The zero-order valence-electron chi connectivity index (χ0n) is 21.6. The molecule has 0 saturated carbocycles. The van der Waals surface area contributed by atoms with Gasteiger partial charge >= 0.3 is 6.18 Å². The number of hydrogen-bond acceptors (Lipinski definition) is 6. The summed E-state index contributed by atoms with van der Waals surface area (Å²) in [6.45, 7) is 5.84. The van der Waals surface area contributed by atoms with E-state index in [9.17, 15) is 18.0 Å². The van der Waals surface area contributed by atoms with Gasteiger partial charge in [0, 0.05) is 56.7 Å². The molecule has 0 aliphatic carbocycles. The number of aliphatic imine (C=N–C) groups is 1. The predicted molar refractivity (Wildman–Crippen MR) is 150 cm³/mol. The SMILES string of the molecule is CN1CCN(CCN(C)C2=NC(=O)/C(=C/c3ccc4c(cnn4Cc4ccc(Cl)cc4C(F)(F)F)c3)S2)CC1. The van der Waals surface area contributed by atoms with E-state index >= 15 is 0 Å². The minimum Gasteiger partial charge on any atom is -0.353 e. The molecular weight excluding hydrogens is 549 g/mol. The molecule has 12 heteroatoms. The number of fused-ring (bicyclic) bond motifs is 1. The molecule has 0 radical (unpaired) electrons. The Balaban J connectivity index is 1.26. The number of amidine groups is 1. The lowest BCUT2D eigenvalue weighted by molar-refractivity contribution is -0.138. The highest BCUT2D eigenvalue weighted by molar-refractivity contribution is 8.18.